The van der Waals surface area contributed by atoms with Gasteiger partial charge >= 0.3 is 0 Å². The number of hydrogen-bond donors (Lipinski definition) is 1. The Morgan fingerprint density at radius 3 is 2.59 bits per heavy atom. The summed E-state index contributed by atoms with van der Waals surface area (Å²) in [6, 6.07) is 11.2. The molecule has 4 rings (SSSR count). The molecule has 3 aromatic rings. The summed E-state index contributed by atoms with van der Waals surface area (Å²) in [5.74, 6) is -0.125. The van der Waals surface area contributed by atoms with Gasteiger partial charge in [-0.1, -0.05) is 18.2 Å². The van der Waals surface area contributed by atoms with E-state index in [0.29, 0.717) is 37.3 Å². The predicted octanol–water partition coefficient (Wildman–Crippen LogP) is 4.23. The van der Waals surface area contributed by atoms with Gasteiger partial charge in [0.15, 0.2) is 5.82 Å². The van der Waals surface area contributed by atoms with Gasteiger partial charge < -0.3 is 4.90 Å². The van der Waals surface area contributed by atoms with Crippen molar-refractivity contribution in [1.82, 2.24) is 20.1 Å². The average molecular weight is 396 g/mol. The van der Waals surface area contributed by atoms with Crippen molar-refractivity contribution in [2.45, 2.75) is 25.7 Å². The molecule has 0 radical (unpaired) electrons. The highest BCUT2D eigenvalue weighted by atomic mass is 19.1. The van der Waals surface area contributed by atoms with E-state index in [-0.39, 0.29) is 17.4 Å². The van der Waals surface area contributed by atoms with Gasteiger partial charge in [-0.2, -0.15) is 5.10 Å². The Bertz CT molecular complexity index is 953. The van der Waals surface area contributed by atoms with Gasteiger partial charge in [-0.15, -0.1) is 0 Å². The summed E-state index contributed by atoms with van der Waals surface area (Å²) in [5.41, 5.74) is 1.62. The van der Waals surface area contributed by atoms with Crippen LogP contribution < -0.4 is 0 Å². The quantitative estimate of drug-likeness (QED) is 0.702. The third-order valence-corrected chi connectivity index (χ3v) is 5.49. The van der Waals surface area contributed by atoms with Crippen LogP contribution in [0.3, 0.4) is 0 Å². The molecule has 150 valence electrons. The van der Waals surface area contributed by atoms with Gasteiger partial charge in [-0.3, -0.25) is 9.89 Å². The van der Waals surface area contributed by atoms with Crippen molar-refractivity contribution in [3.05, 3.63) is 71.6 Å². The van der Waals surface area contributed by atoms with Crippen molar-refractivity contribution < 1.29 is 13.6 Å². The number of aromatic amines is 1. The standard InChI is InChI=1S/C22H22F2N4O/c23-19-4-1-5-20(24)18(19)11-6-15-3-2-12-28(13-15)22(29)17-9-7-16(8-10-17)21-25-14-26-27-21/h1,4-5,7-10,14-15H,2-3,6,11-13H2,(H,25,26,27)/t15-/m0/s1. The lowest BCUT2D eigenvalue weighted by Crippen LogP contribution is -2.40. The van der Waals surface area contributed by atoms with E-state index in [4.69, 9.17) is 0 Å². The first-order valence-corrected chi connectivity index (χ1v) is 9.80. The van der Waals surface area contributed by atoms with Crippen molar-refractivity contribution in [3.63, 3.8) is 0 Å². The van der Waals surface area contributed by atoms with E-state index in [0.717, 1.165) is 18.4 Å². The van der Waals surface area contributed by atoms with Crippen molar-refractivity contribution >= 4 is 5.91 Å². The summed E-state index contributed by atoms with van der Waals surface area (Å²) in [6.45, 7) is 1.31. The lowest BCUT2D eigenvalue weighted by molar-refractivity contribution is 0.0668. The number of nitrogens with zero attached hydrogens (tertiary/aromatic N) is 3. The number of hydrogen-bond acceptors (Lipinski definition) is 3. The van der Waals surface area contributed by atoms with Gasteiger partial charge in [0, 0.05) is 29.8 Å². The Morgan fingerprint density at radius 2 is 1.90 bits per heavy atom. The van der Waals surface area contributed by atoms with Gasteiger partial charge in [0.05, 0.1) is 0 Å². The Balaban J connectivity index is 1.38. The number of halogens is 2. The van der Waals surface area contributed by atoms with Crippen LogP contribution in [0.5, 0.6) is 0 Å². The minimum atomic E-state index is -0.499. The van der Waals surface area contributed by atoms with Gasteiger partial charge in [0.2, 0.25) is 0 Å². The van der Waals surface area contributed by atoms with Crippen LogP contribution in [0.2, 0.25) is 0 Å². The highest BCUT2D eigenvalue weighted by Crippen LogP contribution is 2.25. The minimum Gasteiger partial charge on any atom is -0.338 e. The van der Waals surface area contributed by atoms with Gasteiger partial charge in [0.25, 0.3) is 5.91 Å². The van der Waals surface area contributed by atoms with Crippen LogP contribution in [0.4, 0.5) is 8.78 Å². The summed E-state index contributed by atoms with van der Waals surface area (Å²) in [6.07, 6.45) is 4.30. The number of amides is 1. The van der Waals surface area contributed by atoms with E-state index >= 15 is 0 Å². The lowest BCUT2D eigenvalue weighted by Gasteiger charge is -2.33. The first kappa shape index (κ1) is 19.2. The predicted molar refractivity (Wildman–Crippen MR) is 105 cm³/mol. The second-order valence-corrected chi connectivity index (χ2v) is 7.41. The molecule has 0 aliphatic carbocycles. The Kier molecular flexibility index (Phi) is 5.64. The third-order valence-electron chi connectivity index (χ3n) is 5.49. The molecule has 5 nitrogen and oxygen atoms in total. The maximum Gasteiger partial charge on any atom is 0.253 e. The van der Waals surface area contributed by atoms with Crippen LogP contribution in [0.1, 0.15) is 35.2 Å². The Hall–Kier alpha value is -3.09. The van der Waals surface area contributed by atoms with Crippen LogP contribution in [0.25, 0.3) is 11.4 Å². The molecular weight excluding hydrogens is 374 g/mol. The Labute approximate surface area is 167 Å². The molecule has 1 aliphatic rings. The number of benzene rings is 2. The van der Waals surface area contributed by atoms with E-state index in [2.05, 4.69) is 15.2 Å². The molecule has 1 fully saturated rings. The molecule has 1 aromatic heterocycles. The topological polar surface area (TPSA) is 61.9 Å². The zero-order chi connectivity index (χ0) is 20.2. The highest BCUT2D eigenvalue weighted by Gasteiger charge is 2.25. The SMILES string of the molecule is O=C(c1ccc(-c2ncn[nH]2)cc1)N1CCC[C@@H](CCc2c(F)cccc2F)C1. The minimum absolute atomic E-state index is 0.0177. The molecule has 0 bridgehead atoms. The molecule has 0 unspecified atom stereocenters. The van der Waals surface area contributed by atoms with Gasteiger partial charge in [0.1, 0.15) is 18.0 Å². The van der Waals surface area contributed by atoms with Crippen LogP contribution in [-0.4, -0.2) is 39.1 Å². The number of carbonyl (C=O) groups excluding carboxylic acids is 1. The summed E-state index contributed by atoms with van der Waals surface area (Å²) in [7, 11) is 0. The normalized spacial score (nSPS) is 16.8. The number of rotatable bonds is 5. The van der Waals surface area contributed by atoms with Crippen LogP contribution in [-0.2, 0) is 6.42 Å². The van der Waals surface area contributed by atoms with Gasteiger partial charge in [-0.25, -0.2) is 13.8 Å². The molecule has 2 heterocycles. The van der Waals surface area contributed by atoms with Crippen molar-refractivity contribution in [2.75, 3.05) is 13.1 Å². The van der Waals surface area contributed by atoms with E-state index < -0.39 is 11.6 Å². The molecule has 1 aliphatic heterocycles. The molecule has 29 heavy (non-hydrogen) atoms. The smallest absolute Gasteiger partial charge is 0.253 e. The van der Waals surface area contributed by atoms with E-state index in [1.807, 2.05) is 17.0 Å². The van der Waals surface area contributed by atoms with Crippen LogP contribution >= 0.6 is 0 Å². The summed E-state index contributed by atoms with van der Waals surface area (Å²) in [4.78, 5) is 18.8. The van der Waals surface area contributed by atoms with Crippen molar-refractivity contribution in [3.8, 4) is 11.4 Å². The third kappa shape index (κ3) is 4.34. The largest absolute Gasteiger partial charge is 0.338 e. The van der Waals surface area contributed by atoms with Crippen molar-refractivity contribution in [1.29, 1.82) is 0 Å². The number of carbonyl (C=O) groups is 1. The van der Waals surface area contributed by atoms with Crippen LogP contribution in [0, 0.1) is 17.6 Å². The fourth-order valence-electron chi connectivity index (χ4n) is 3.90. The molecular formula is C22H22F2N4O. The number of piperidine rings is 1. The molecule has 1 amide bonds. The number of likely N-dealkylation sites (tertiary alicyclic amines) is 1. The summed E-state index contributed by atoms with van der Waals surface area (Å²) in [5, 5.41) is 6.63. The summed E-state index contributed by atoms with van der Waals surface area (Å²) >= 11 is 0. The van der Waals surface area contributed by atoms with Crippen LogP contribution in [0.15, 0.2) is 48.8 Å². The first-order valence-electron chi connectivity index (χ1n) is 9.80. The fourth-order valence-corrected chi connectivity index (χ4v) is 3.90. The van der Waals surface area contributed by atoms with E-state index in [1.54, 1.807) is 12.1 Å². The Morgan fingerprint density at radius 1 is 1.14 bits per heavy atom. The molecule has 1 atom stereocenters. The molecule has 0 saturated carbocycles. The van der Waals surface area contributed by atoms with E-state index in [1.165, 1.54) is 24.5 Å². The van der Waals surface area contributed by atoms with E-state index in [9.17, 15) is 13.6 Å². The second-order valence-electron chi connectivity index (χ2n) is 7.41. The number of aromatic nitrogens is 3. The zero-order valence-corrected chi connectivity index (χ0v) is 15.9. The molecule has 2 aromatic carbocycles. The molecule has 1 saturated heterocycles. The zero-order valence-electron chi connectivity index (χ0n) is 15.9. The molecule has 1 N–H and O–H groups in total. The first-order chi connectivity index (χ1) is 14.1. The lowest BCUT2D eigenvalue weighted by atomic mass is 9.91. The maximum atomic E-state index is 13.9. The number of nitrogens with one attached hydrogen (secondary N) is 1. The second kappa shape index (κ2) is 8.51. The van der Waals surface area contributed by atoms with Gasteiger partial charge in [-0.05, 0) is 55.9 Å². The average Bonchev–Trinajstić information content (AvgIpc) is 3.28. The highest BCUT2D eigenvalue weighted by molar-refractivity contribution is 5.94. The fraction of sp³-hybridized carbons (Fsp3) is 0.318. The summed E-state index contributed by atoms with van der Waals surface area (Å²) < 4.78 is 27.7. The maximum absolute atomic E-state index is 13.9. The number of H-pyrrole nitrogens is 1. The van der Waals surface area contributed by atoms with Crippen molar-refractivity contribution in [2.24, 2.45) is 5.92 Å². The molecule has 0 spiro atoms. The monoisotopic (exact) mass is 396 g/mol. The molecule has 7 heteroatoms.